The van der Waals surface area contributed by atoms with E-state index in [2.05, 4.69) is 18.6 Å². The van der Waals surface area contributed by atoms with Crippen LogP contribution in [-0.4, -0.2) is 11.5 Å². The molecule has 2 atom stereocenters. The maximum atomic E-state index is 11.5. The lowest BCUT2D eigenvalue weighted by atomic mass is 10.2. The van der Waals surface area contributed by atoms with E-state index in [0.717, 1.165) is 37.9 Å². The Morgan fingerprint density at radius 1 is 1.50 bits per heavy atom. The van der Waals surface area contributed by atoms with Gasteiger partial charge in [-0.3, -0.25) is 13.7 Å². The summed E-state index contributed by atoms with van der Waals surface area (Å²) in [7, 11) is 0. The summed E-state index contributed by atoms with van der Waals surface area (Å²) in [4.78, 5) is 11.5. The molecule has 0 heterocycles. The van der Waals surface area contributed by atoms with Crippen LogP contribution in [0.15, 0.2) is 0 Å². The van der Waals surface area contributed by atoms with Crippen LogP contribution >= 0.6 is 12.2 Å². The summed E-state index contributed by atoms with van der Waals surface area (Å²) in [5.41, 5.74) is 0.0334. The van der Waals surface area contributed by atoms with Crippen molar-refractivity contribution in [1.82, 2.24) is 4.72 Å². The molecule has 0 saturated heterocycles. The third-order valence-electron chi connectivity index (χ3n) is 3.12. The van der Waals surface area contributed by atoms with Gasteiger partial charge in [-0.2, -0.15) is 0 Å². The minimum absolute atomic E-state index is 0.0334. The molecule has 1 amide bonds. The lowest BCUT2D eigenvalue weighted by molar-refractivity contribution is -0.120. The van der Waals surface area contributed by atoms with Crippen molar-refractivity contribution >= 4 is 18.1 Å². The molecule has 2 aliphatic carbocycles. The summed E-state index contributed by atoms with van der Waals surface area (Å²) >= 11 is 1.11. The van der Waals surface area contributed by atoms with Crippen LogP contribution < -0.4 is 4.72 Å². The molecule has 0 aliphatic heterocycles. The smallest absolute Gasteiger partial charge is 0.234 e. The number of carbonyl (C=O) groups excluding carboxylic acids is 1. The van der Waals surface area contributed by atoms with Crippen molar-refractivity contribution < 1.29 is 8.98 Å². The van der Waals surface area contributed by atoms with E-state index >= 15 is 0 Å². The first-order valence-electron chi connectivity index (χ1n) is 6.29. The van der Waals surface area contributed by atoms with E-state index in [-0.39, 0.29) is 17.4 Å². The Kier molecular flexibility index (Phi) is 5.12. The van der Waals surface area contributed by atoms with E-state index in [1.165, 1.54) is 0 Å². The molecular formula is C12H23NO2S. The molecule has 2 aliphatic rings. The first-order chi connectivity index (χ1) is 7.64. The molecule has 1 unspecified atom stereocenters. The first kappa shape index (κ1) is 13.8. The molecule has 2 saturated carbocycles. The van der Waals surface area contributed by atoms with Crippen LogP contribution in [0.4, 0.5) is 0 Å². The summed E-state index contributed by atoms with van der Waals surface area (Å²) < 4.78 is 8.20. The minimum Gasteiger partial charge on any atom is -0.290 e. The molecule has 0 aromatic carbocycles. The highest BCUT2D eigenvalue weighted by Crippen LogP contribution is 2.43. The maximum absolute atomic E-state index is 11.5. The highest BCUT2D eigenvalue weighted by Gasteiger charge is 2.43. The fourth-order valence-electron chi connectivity index (χ4n) is 1.52. The monoisotopic (exact) mass is 245 g/mol. The van der Waals surface area contributed by atoms with E-state index in [0.29, 0.717) is 5.92 Å². The van der Waals surface area contributed by atoms with Gasteiger partial charge in [0.1, 0.15) is 12.2 Å². The molecule has 0 spiro atoms. The SMILES string of the molecule is CC.CCC1C[C@@H]1C(=O)NSOC1(C)CC1. The van der Waals surface area contributed by atoms with Crippen molar-refractivity contribution in [3.8, 4) is 0 Å². The van der Waals surface area contributed by atoms with Crippen LogP contribution in [0.5, 0.6) is 0 Å². The van der Waals surface area contributed by atoms with Gasteiger partial charge in [0, 0.05) is 5.92 Å². The van der Waals surface area contributed by atoms with Gasteiger partial charge in [0.2, 0.25) is 5.91 Å². The van der Waals surface area contributed by atoms with Gasteiger partial charge in [-0.25, -0.2) is 0 Å². The lowest BCUT2D eigenvalue weighted by Crippen LogP contribution is -2.20. The van der Waals surface area contributed by atoms with E-state index < -0.39 is 0 Å². The molecular weight excluding hydrogens is 222 g/mol. The zero-order chi connectivity index (χ0) is 12.2. The van der Waals surface area contributed by atoms with Crippen molar-refractivity contribution in [2.24, 2.45) is 11.8 Å². The minimum atomic E-state index is 0.0334. The topological polar surface area (TPSA) is 38.3 Å². The zero-order valence-electron chi connectivity index (χ0n) is 10.7. The van der Waals surface area contributed by atoms with Gasteiger partial charge in [0.05, 0.1) is 5.60 Å². The molecule has 0 radical (unpaired) electrons. The summed E-state index contributed by atoms with van der Waals surface area (Å²) in [5, 5.41) is 0. The van der Waals surface area contributed by atoms with Crippen LogP contribution in [0.25, 0.3) is 0 Å². The van der Waals surface area contributed by atoms with Gasteiger partial charge < -0.3 is 0 Å². The third kappa shape index (κ3) is 3.98. The molecule has 1 N–H and O–H groups in total. The molecule has 3 nitrogen and oxygen atoms in total. The van der Waals surface area contributed by atoms with Crippen molar-refractivity contribution in [2.45, 2.75) is 59.0 Å². The summed E-state index contributed by atoms with van der Waals surface area (Å²) in [6.45, 7) is 8.20. The zero-order valence-corrected chi connectivity index (χ0v) is 11.5. The van der Waals surface area contributed by atoms with E-state index in [9.17, 15) is 4.79 Å². The normalized spacial score (nSPS) is 28.8. The Bertz CT molecular complexity index is 241. The number of hydrogen-bond donors (Lipinski definition) is 1. The Hall–Kier alpha value is -0.220. The van der Waals surface area contributed by atoms with Gasteiger partial charge in [-0.1, -0.05) is 27.2 Å². The van der Waals surface area contributed by atoms with Crippen LogP contribution in [0.2, 0.25) is 0 Å². The van der Waals surface area contributed by atoms with E-state index in [1.807, 2.05) is 13.8 Å². The summed E-state index contributed by atoms with van der Waals surface area (Å²) in [5.74, 6) is 1.02. The van der Waals surface area contributed by atoms with E-state index in [4.69, 9.17) is 4.18 Å². The lowest BCUT2D eigenvalue weighted by Gasteiger charge is -2.08. The molecule has 0 aromatic heterocycles. The standard InChI is InChI=1S/C10H17NO2S.C2H6/c1-3-7-6-8(7)9(12)11-14-13-10(2)4-5-10;1-2/h7-8H,3-6H2,1-2H3,(H,11,12);1-2H3/t7?,8-;/m0./s1. The highest BCUT2D eigenvalue weighted by atomic mass is 32.2. The molecule has 94 valence electrons. The Morgan fingerprint density at radius 3 is 2.56 bits per heavy atom. The highest BCUT2D eigenvalue weighted by molar-refractivity contribution is 7.93. The fraction of sp³-hybridized carbons (Fsp3) is 0.917. The summed E-state index contributed by atoms with van der Waals surface area (Å²) in [6, 6.07) is 0. The van der Waals surface area contributed by atoms with Gasteiger partial charge in [0.25, 0.3) is 0 Å². The maximum Gasteiger partial charge on any atom is 0.234 e. The number of rotatable bonds is 5. The summed E-state index contributed by atoms with van der Waals surface area (Å²) in [6.07, 6.45) is 4.38. The number of carbonyl (C=O) groups is 1. The fourth-order valence-corrected chi connectivity index (χ4v) is 2.16. The predicted molar refractivity (Wildman–Crippen MR) is 67.7 cm³/mol. The average Bonchev–Trinajstić information content (AvgIpc) is 3.17. The largest absolute Gasteiger partial charge is 0.290 e. The molecule has 16 heavy (non-hydrogen) atoms. The predicted octanol–water partition coefficient (Wildman–Crippen LogP) is 3.31. The van der Waals surface area contributed by atoms with Gasteiger partial charge >= 0.3 is 0 Å². The van der Waals surface area contributed by atoms with E-state index in [1.54, 1.807) is 0 Å². The second-order valence-corrected chi connectivity index (χ2v) is 5.13. The molecule has 4 heteroatoms. The number of amides is 1. The van der Waals surface area contributed by atoms with Crippen molar-refractivity contribution in [2.75, 3.05) is 0 Å². The third-order valence-corrected chi connectivity index (χ3v) is 3.89. The van der Waals surface area contributed by atoms with Crippen molar-refractivity contribution in [3.05, 3.63) is 0 Å². The second kappa shape index (κ2) is 5.92. The van der Waals surface area contributed by atoms with Gasteiger partial charge in [0.15, 0.2) is 0 Å². The van der Waals surface area contributed by atoms with Crippen LogP contribution in [0.3, 0.4) is 0 Å². The van der Waals surface area contributed by atoms with Crippen LogP contribution in [0, 0.1) is 11.8 Å². The Labute approximate surface area is 103 Å². The van der Waals surface area contributed by atoms with Crippen molar-refractivity contribution in [1.29, 1.82) is 0 Å². The van der Waals surface area contributed by atoms with Gasteiger partial charge in [-0.05, 0) is 32.1 Å². The van der Waals surface area contributed by atoms with Crippen molar-refractivity contribution in [3.63, 3.8) is 0 Å². The molecule has 2 fully saturated rings. The Balaban J connectivity index is 0.000000606. The van der Waals surface area contributed by atoms with Gasteiger partial charge in [-0.15, -0.1) is 0 Å². The quantitative estimate of drug-likeness (QED) is 0.596. The number of nitrogens with one attached hydrogen (secondary N) is 1. The second-order valence-electron chi connectivity index (χ2n) is 4.59. The average molecular weight is 245 g/mol. The molecule has 0 bridgehead atoms. The molecule has 2 rings (SSSR count). The van der Waals surface area contributed by atoms with Crippen LogP contribution in [-0.2, 0) is 8.98 Å². The molecule has 0 aromatic rings. The van der Waals surface area contributed by atoms with Crippen LogP contribution in [0.1, 0.15) is 53.4 Å². The Morgan fingerprint density at radius 2 is 2.12 bits per heavy atom. The number of hydrogen-bond acceptors (Lipinski definition) is 3. The first-order valence-corrected chi connectivity index (χ1v) is 7.03.